The largest absolute Gasteiger partial charge is 0.253 e. The second-order valence-corrected chi connectivity index (χ2v) is 4.08. The molecule has 1 heterocycles. The maximum Gasteiger partial charge on any atom is 0.203 e. The number of thiazole rings is 1. The average Bonchev–Trinajstić information content (AvgIpc) is 2.64. The molecule has 0 aliphatic heterocycles. The minimum Gasteiger partial charge on any atom is -0.253 e. The molecule has 0 atom stereocenters. The van der Waals surface area contributed by atoms with Crippen LogP contribution in [0.15, 0.2) is 34.7 Å². The van der Waals surface area contributed by atoms with E-state index in [0.29, 0.717) is 5.56 Å². The van der Waals surface area contributed by atoms with Gasteiger partial charge in [0, 0.05) is 5.38 Å². The highest BCUT2D eigenvalue weighted by atomic mass is 32.1. The molecule has 1 aromatic carbocycles. The summed E-state index contributed by atoms with van der Waals surface area (Å²) in [4.78, 5) is 4.18. The van der Waals surface area contributed by atoms with Crippen molar-refractivity contribution in [2.75, 3.05) is 5.43 Å². The van der Waals surface area contributed by atoms with Crippen molar-refractivity contribution in [3.8, 4) is 0 Å². The summed E-state index contributed by atoms with van der Waals surface area (Å²) in [5.41, 5.74) is 4.45. The van der Waals surface area contributed by atoms with Crippen LogP contribution in [-0.2, 0) is 0 Å². The summed E-state index contributed by atoms with van der Waals surface area (Å²) in [6.07, 6.45) is 1.56. The van der Waals surface area contributed by atoms with Gasteiger partial charge in [-0.3, -0.25) is 5.43 Å². The fraction of sp³-hybridized carbons (Fsp3) is 0.0909. The molecular weight excluding hydrogens is 225 g/mol. The van der Waals surface area contributed by atoms with E-state index in [-0.39, 0.29) is 5.82 Å². The second-order valence-electron chi connectivity index (χ2n) is 3.22. The SMILES string of the molecule is Cc1csc(N/N=C\c2cccc(F)c2)n1. The molecule has 2 aromatic rings. The van der Waals surface area contributed by atoms with Gasteiger partial charge in [0.25, 0.3) is 0 Å². The summed E-state index contributed by atoms with van der Waals surface area (Å²) in [7, 11) is 0. The Morgan fingerprint density at radius 1 is 1.50 bits per heavy atom. The molecule has 1 aromatic heterocycles. The fourth-order valence-electron chi connectivity index (χ4n) is 1.15. The van der Waals surface area contributed by atoms with Gasteiger partial charge in [0.2, 0.25) is 5.13 Å². The Morgan fingerprint density at radius 3 is 3.06 bits per heavy atom. The topological polar surface area (TPSA) is 37.3 Å². The highest BCUT2D eigenvalue weighted by molar-refractivity contribution is 7.13. The maximum absolute atomic E-state index is 12.8. The first-order chi connectivity index (χ1) is 7.74. The molecule has 0 radical (unpaired) electrons. The number of rotatable bonds is 3. The first-order valence-electron chi connectivity index (χ1n) is 4.71. The van der Waals surface area contributed by atoms with Crippen LogP contribution in [0.5, 0.6) is 0 Å². The molecule has 3 nitrogen and oxygen atoms in total. The number of anilines is 1. The summed E-state index contributed by atoms with van der Waals surface area (Å²) < 4.78 is 12.8. The van der Waals surface area contributed by atoms with Crippen LogP contribution in [0.2, 0.25) is 0 Å². The molecule has 0 spiro atoms. The third-order valence-electron chi connectivity index (χ3n) is 1.84. The van der Waals surface area contributed by atoms with Gasteiger partial charge < -0.3 is 0 Å². The Labute approximate surface area is 96.7 Å². The van der Waals surface area contributed by atoms with E-state index in [1.807, 2.05) is 12.3 Å². The summed E-state index contributed by atoms with van der Waals surface area (Å²) in [5.74, 6) is -0.269. The lowest BCUT2D eigenvalue weighted by Crippen LogP contribution is -1.90. The zero-order valence-corrected chi connectivity index (χ0v) is 9.46. The van der Waals surface area contributed by atoms with E-state index >= 15 is 0 Å². The highest BCUT2D eigenvalue weighted by Crippen LogP contribution is 2.13. The van der Waals surface area contributed by atoms with Gasteiger partial charge in [-0.25, -0.2) is 9.37 Å². The molecule has 2 rings (SSSR count). The molecule has 0 aliphatic carbocycles. The predicted molar refractivity (Wildman–Crippen MR) is 64.5 cm³/mol. The lowest BCUT2D eigenvalue weighted by molar-refractivity contribution is 0.627. The van der Waals surface area contributed by atoms with Crippen LogP contribution in [0.25, 0.3) is 0 Å². The van der Waals surface area contributed by atoms with E-state index in [1.165, 1.54) is 23.5 Å². The summed E-state index contributed by atoms with van der Waals surface area (Å²) >= 11 is 1.48. The Kier molecular flexibility index (Phi) is 3.26. The zero-order chi connectivity index (χ0) is 11.4. The first kappa shape index (κ1) is 10.8. The van der Waals surface area contributed by atoms with Crippen LogP contribution in [0.4, 0.5) is 9.52 Å². The minimum absolute atomic E-state index is 0.269. The smallest absolute Gasteiger partial charge is 0.203 e. The van der Waals surface area contributed by atoms with Crippen LogP contribution in [0.1, 0.15) is 11.3 Å². The molecule has 0 saturated carbocycles. The normalized spacial score (nSPS) is 10.9. The van der Waals surface area contributed by atoms with Crippen LogP contribution in [-0.4, -0.2) is 11.2 Å². The van der Waals surface area contributed by atoms with Gasteiger partial charge in [-0.2, -0.15) is 5.10 Å². The monoisotopic (exact) mass is 235 g/mol. The van der Waals surface area contributed by atoms with Crippen molar-refractivity contribution < 1.29 is 4.39 Å². The third kappa shape index (κ3) is 2.87. The standard InChI is InChI=1S/C11H10FN3S/c1-8-7-16-11(14-8)15-13-6-9-3-2-4-10(12)5-9/h2-7H,1H3,(H,14,15)/b13-6-. The number of halogens is 1. The second kappa shape index (κ2) is 4.85. The summed E-state index contributed by atoms with van der Waals surface area (Å²) in [5, 5.41) is 6.63. The molecule has 0 amide bonds. The molecular formula is C11H10FN3S. The van der Waals surface area contributed by atoms with Crippen molar-refractivity contribution in [2.45, 2.75) is 6.92 Å². The van der Waals surface area contributed by atoms with Crippen molar-refractivity contribution in [3.05, 3.63) is 46.7 Å². The Bertz CT molecular complexity index is 507. The van der Waals surface area contributed by atoms with Crippen molar-refractivity contribution >= 4 is 22.7 Å². The van der Waals surface area contributed by atoms with E-state index in [4.69, 9.17) is 0 Å². The van der Waals surface area contributed by atoms with Crippen LogP contribution < -0.4 is 5.43 Å². The van der Waals surface area contributed by atoms with Gasteiger partial charge in [0.15, 0.2) is 0 Å². The van der Waals surface area contributed by atoms with Gasteiger partial charge in [0.1, 0.15) is 5.82 Å². The van der Waals surface area contributed by atoms with Crippen molar-refractivity contribution in [2.24, 2.45) is 5.10 Å². The van der Waals surface area contributed by atoms with Gasteiger partial charge >= 0.3 is 0 Å². The van der Waals surface area contributed by atoms with Gasteiger partial charge in [-0.05, 0) is 24.6 Å². The van der Waals surface area contributed by atoms with E-state index in [9.17, 15) is 4.39 Å². The quantitative estimate of drug-likeness (QED) is 0.656. The van der Waals surface area contributed by atoms with Gasteiger partial charge in [0.05, 0.1) is 11.9 Å². The Hall–Kier alpha value is -1.75. The number of nitrogens with one attached hydrogen (secondary N) is 1. The van der Waals surface area contributed by atoms with Crippen molar-refractivity contribution in [1.29, 1.82) is 0 Å². The number of aromatic nitrogens is 1. The molecule has 0 saturated heterocycles. The highest BCUT2D eigenvalue weighted by Gasteiger charge is 1.95. The number of aryl methyl sites for hydroxylation is 1. The number of benzene rings is 1. The maximum atomic E-state index is 12.8. The first-order valence-corrected chi connectivity index (χ1v) is 5.59. The fourth-order valence-corrected chi connectivity index (χ4v) is 1.79. The Balaban J connectivity index is 2.00. The van der Waals surface area contributed by atoms with E-state index in [1.54, 1.807) is 18.3 Å². The Morgan fingerprint density at radius 2 is 2.38 bits per heavy atom. The van der Waals surface area contributed by atoms with Gasteiger partial charge in [-0.1, -0.05) is 12.1 Å². The lowest BCUT2D eigenvalue weighted by Gasteiger charge is -1.94. The van der Waals surface area contributed by atoms with Crippen molar-refractivity contribution in [3.63, 3.8) is 0 Å². The minimum atomic E-state index is -0.269. The van der Waals surface area contributed by atoms with E-state index in [0.717, 1.165) is 10.8 Å². The third-order valence-corrected chi connectivity index (χ3v) is 2.71. The van der Waals surface area contributed by atoms with Crippen LogP contribution in [0, 0.1) is 12.7 Å². The molecule has 0 unspecified atom stereocenters. The number of hydrogen-bond donors (Lipinski definition) is 1. The molecule has 0 bridgehead atoms. The number of hydrazone groups is 1. The average molecular weight is 235 g/mol. The molecule has 0 fully saturated rings. The lowest BCUT2D eigenvalue weighted by atomic mass is 10.2. The predicted octanol–water partition coefficient (Wildman–Crippen LogP) is 3.04. The summed E-state index contributed by atoms with van der Waals surface area (Å²) in [6.45, 7) is 1.91. The zero-order valence-electron chi connectivity index (χ0n) is 8.64. The number of hydrogen-bond acceptors (Lipinski definition) is 4. The van der Waals surface area contributed by atoms with E-state index in [2.05, 4.69) is 15.5 Å². The summed E-state index contributed by atoms with van der Waals surface area (Å²) in [6, 6.07) is 6.23. The molecule has 0 aliphatic rings. The van der Waals surface area contributed by atoms with E-state index < -0.39 is 0 Å². The van der Waals surface area contributed by atoms with Gasteiger partial charge in [-0.15, -0.1) is 11.3 Å². The van der Waals surface area contributed by atoms with Crippen LogP contribution in [0.3, 0.4) is 0 Å². The molecule has 16 heavy (non-hydrogen) atoms. The molecule has 1 N–H and O–H groups in total. The molecule has 5 heteroatoms. The number of nitrogens with zero attached hydrogens (tertiary/aromatic N) is 2. The van der Waals surface area contributed by atoms with Crippen LogP contribution >= 0.6 is 11.3 Å². The van der Waals surface area contributed by atoms with Crippen molar-refractivity contribution in [1.82, 2.24) is 4.98 Å². The molecule has 82 valence electrons.